The first kappa shape index (κ1) is 10.4. The second-order valence-corrected chi connectivity index (χ2v) is 3.87. The van der Waals surface area contributed by atoms with Crippen molar-refractivity contribution in [2.24, 2.45) is 0 Å². The molecule has 2 rings (SSSR count). The van der Waals surface area contributed by atoms with E-state index in [9.17, 15) is 10.1 Å². The van der Waals surface area contributed by atoms with Gasteiger partial charge in [0.15, 0.2) is 0 Å². The molecular formula is C12H12N2O2. The molecule has 0 fully saturated rings. The van der Waals surface area contributed by atoms with Crippen LogP contribution in [0.3, 0.4) is 0 Å². The Hall–Kier alpha value is -2.10. The molecule has 0 atom stereocenters. The number of anilines is 1. The van der Waals surface area contributed by atoms with Gasteiger partial charge in [0.1, 0.15) is 0 Å². The lowest BCUT2D eigenvalue weighted by Crippen LogP contribution is -2.07. The molecule has 82 valence electrons. The largest absolute Gasteiger partial charge is 0.378 e. The zero-order valence-corrected chi connectivity index (χ0v) is 9.18. The van der Waals surface area contributed by atoms with E-state index in [1.54, 1.807) is 12.1 Å². The molecule has 0 heterocycles. The maximum absolute atomic E-state index is 10.6. The minimum Gasteiger partial charge on any atom is -0.378 e. The van der Waals surface area contributed by atoms with Crippen molar-refractivity contribution < 1.29 is 4.92 Å². The summed E-state index contributed by atoms with van der Waals surface area (Å²) in [6.45, 7) is 0. The molecular weight excluding hydrogens is 204 g/mol. The summed E-state index contributed by atoms with van der Waals surface area (Å²) in [5.74, 6) is 0. The minimum atomic E-state index is -0.376. The van der Waals surface area contributed by atoms with Crippen LogP contribution in [0.4, 0.5) is 11.4 Å². The van der Waals surface area contributed by atoms with E-state index in [1.807, 2.05) is 37.2 Å². The quantitative estimate of drug-likeness (QED) is 0.572. The predicted octanol–water partition coefficient (Wildman–Crippen LogP) is 2.81. The van der Waals surface area contributed by atoms with Crippen LogP contribution in [0.1, 0.15) is 0 Å². The van der Waals surface area contributed by atoms with Crippen molar-refractivity contribution >= 4 is 22.1 Å². The van der Waals surface area contributed by atoms with Crippen LogP contribution in [0.25, 0.3) is 10.8 Å². The monoisotopic (exact) mass is 216 g/mol. The summed E-state index contributed by atoms with van der Waals surface area (Å²) in [6.07, 6.45) is 0. The number of hydrogen-bond donors (Lipinski definition) is 0. The summed E-state index contributed by atoms with van der Waals surface area (Å²) in [5.41, 5.74) is 1.21. The highest BCUT2D eigenvalue weighted by atomic mass is 16.6. The molecule has 0 amide bonds. The van der Waals surface area contributed by atoms with Crippen molar-refractivity contribution in [3.8, 4) is 0 Å². The number of non-ortho nitro benzene ring substituents is 1. The molecule has 0 N–H and O–H groups in total. The summed E-state index contributed by atoms with van der Waals surface area (Å²) in [7, 11) is 3.93. The van der Waals surface area contributed by atoms with E-state index in [-0.39, 0.29) is 10.6 Å². The molecule has 0 aromatic heterocycles. The molecule has 0 aliphatic rings. The summed E-state index contributed by atoms with van der Waals surface area (Å²) in [4.78, 5) is 12.2. The Morgan fingerprint density at radius 2 is 1.69 bits per heavy atom. The van der Waals surface area contributed by atoms with Crippen LogP contribution in [0.5, 0.6) is 0 Å². The van der Waals surface area contributed by atoms with Gasteiger partial charge in [0.05, 0.1) is 4.92 Å². The van der Waals surface area contributed by atoms with E-state index in [1.165, 1.54) is 6.07 Å². The zero-order chi connectivity index (χ0) is 11.7. The highest BCUT2D eigenvalue weighted by molar-refractivity contribution is 5.87. The number of nitro groups is 1. The summed E-state index contributed by atoms with van der Waals surface area (Å²) in [5, 5.41) is 12.5. The maximum Gasteiger partial charge on any atom is 0.270 e. The van der Waals surface area contributed by atoms with Crippen LogP contribution in [0.2, 0.25) is 0 Å². The van der Waals surface area contributed by atoms with Crippen LogP contribution in [0.15, 0.2) is 36.4 Å². The lowest BCUT2D eigenvalue weighted by atomic mass is 10.1. The smallest absolute Gasteiger partial charge is 0.270 e. The number of nitro benzene ring substituents is 1. The second kappa shape index (κ2) is 3.81. The van der Waals surface area contributed by atoms with E-state index in [0.717, 1.165) is 16.5 Å². The number of rotatable bonds is 2. The number of nitrogens with zero attached hydrogens (tertiary/aromatic N) is 2. The van der Waals surface area contributed by atoms with Gasteiger partial charge >= 0.3 is 0 Å². The van der Waals surface area contributed by atoms with Crippen LogP contribution in [-0.2, 0) is 0 Å². The van der Waals surface area contributed by atoms with E-state index >= 15 is 0 Å². The lowest BCUT2D eigenvalue weighted by Gasteiger charge is -2.12. The molecule has 0 aliphatic carbocycles. The number of fused-ring (bicyclic) bond motifs is 1. The van der Waals surface area contributed by atoms with Crippen LogP contribution in [-0.4, -0.2) is 19.0 Å². The highest BCUT2D eigenvalue weighted by Gasteiger charge is 2.06. The van der Waals surface area contributed by atoms with Gasteiger partial charge in [-0.1, -0.05) is 6.07 Å². The van der Waals surface area contributed by atoms with Crippen molar-refractivity contribution in [2.75, 3.05) is 19.0 Å². The van der Waals surface area contributed by atoms with Crippen molar-refractivity contribution in [1.82, 2.24) is 0 Å². The Labute approximate surface area is 93.3 Å². The molecule has 2 aromatic carbocycles. The van der Waals surface area contributed by atoms with E-state index in [2.05, 4.69) is 0 Å². The summed E-state index contributed by atoms with van der Waals surface area (Å²) < 4.78 is 0. The Morgan fingerprint density at radius 3 is 2.31 bits per heavy atom. The topological polar surface area (TPSA) is 46.4 Å². The molecule has 0 saturated carbocycles. The summed E-state index contributed by atoms with van der Waals surface area (Å²) in [6, 6.07) is 10.8. The van der Waals surface area contributed by atoms with E-state index in [0.29, 0.717) is 0 Å². The standard InChI is InChI=1S/C12H12N2O2/c1-13(2)11-5-3-10-8-12(14(15)16)6-4-9(10)7-11/h3-8H,1-2H3. The van der Waals surface area contributed by atoms with Crippen LogP contribution < -0.4 is 4.90 Å². The van der Waals surface area contributed by atoms with Gasteiger partial charge in [-0.25, -0.2) is 0 Å². The van der Waals surface area contributed by atoms with Gasteiger partial charge in [0.25, 0.3) is 5.69 Å². The van der Waals surface area contributed by atoms with Gasteiger partial charge in [-0.15, -0.1) is 0 Å². The highest BCUT2D eigenvalue weighted by Crippen LogP contribution is 2.24. The second-order valence-electron chi connectivity index (χ2n) is 3.87. The Kier molecular flexibility index (Phi) is 2.48. The molecule has 16 heavy (non-hydrogen) atoms. The van der Waals surface area contributed by atoms with Gasteiger partial charge in [-0.2, -0.15) is 0 Å². The fourth-order valence-electron chi connectivity index (χ4n) is 1.61. The van der Waals surface area contributed by atoms with Crippen LogP contribution in [0, 0.1) is 10.1 Å². The first-order chi connectivity index (χ1) is 7.58. The minimum absolute atomic E-state index is 0.130. The van der Waals surface area contributed by atoms with E-state index in [4.69, 9.17) is 0 Å². The molecule has 4 nitrogen and oxygen atoms in total. The van der Waals surface area contributed by atoms with Gasteiger partial charge in [-0.05, 0) is 29.0 Å². The molecule has 0 aliphatic heterocycles. The van der Waals surface area contributed by atoms with Crippen molar-refractivity contribution in [2.45, 2.75) is 0 Å². The molecule has 0 spiro atoms. The van der Waals surface area contributed by atoms with E-state index < -0.39 is 0 Å². The third-order valence-corrected chi connectivity index (χ3v) is 2.53. The normalized spacial score (nSPS) is 10.4. The van der Waals surface area contributed by atoms with Gasteiger partial charge in [-0.3, -0.25) is 10.1 Å². The fraction of sp³-hybridized carbons (Fsp3) is 0.167. The molecule has 0 bridgehead atoms. The first-order valence-electron chi connectivity index (χ1n) is 4.93. The van der Waals surface area contributed by atoms with Gasteiger partial charge in [0.2, 0.25) is 0 Å². The Balaban J connectivity index is 2.57. The lowest BCUT2D eigenvalue weighted by molar-refractivity contribution is -0.384. The average Bonchev–Trinajstić information content (AvgIpc) is 2.27. The third-order valence-electron chi connectivity index (χ3n) is 2.53. The van der Waals surface area contributed by atoms with Gasteiger partial charge in [0, 0.05) is 31.9 Å². The number of benzene rings is 2. The maximum atomic E-state index is 10.6. The Morgan fingerprint density at radius 1 is 1.06 bits per heavy atom. The Bertz CT molecular complexity index is 550. The molecule has 0 unspecified atom stereocenters. The zero-order valence-electron chi connectivity index (χ0n) is 9.18. The molecule has 2 aromatic rings. The number of hydrogen-bond acceptors (Lipinski definition) is 3. The first-order valence-corrected chi connectivity index (χ1v) is 4.93. The average molecular weight is 216 g/mol. The van der Waals surface area contributed by atoms with Crippen molar-refractivity contribution in [1.29, 1.82) is 0 Å². The van der Waals surface area contributed by atoms with Gasteiger partial charge < -0.3 is 4.90 Å². The molecule has 4 heteroatoms. The third kappa shape index (κ3) is 1.82. The molecule has 0 saturated heterocycles. The fourth-order valence-corrected chi connectivity index (χ4v) is 1.61. The SMILES string of the molecule is CN(C)c1ccc2cc([N+](=O)[O-])ccc2c1. The van der Waals surface area contributed by atoms with Crippen LogP contribution >= 0.6 is 0 Å². The predicted molar refractivity (Wildman–Crippen MR) is 64.9 cm³/mol. The van der Waals surface area contributed by atoms with Crippen molar-refractivity contribution in [3.05, 3.63) is 46.5 Å². The molecule has 0 radical (unpaired) electrons. The summed E-state index contributed by atoms with van der Waals surface area (Å²) >= 11 is 0. The van der Waals surface area contributed by atoms with Crippen molar-refractivity contribution in [3.63, 3.8) is 0 Å².